The molecule has 0 unspecified atom stereocenters. The van der Waals surface area contributed by atoms with Gasteiger partial charge in [-0.2, -0.15) is 0 Å². The molecule has 0 fully saturated rings. The van der Waals surface area contributed by atoms with Crippen LogP contribution in [0.3, 0.4) is 0 Å². The van der Waals surface area contributed by atoms with E-state index in [4.69, 9.17) is 0 Å². The van der Waals surface area contributed by atoms with E-state index >= 15 is 0 Å². The molecule has 0 bridgehead atoms. The van der Waals surface area contributed by atoms with E-state index in [1.54, 1.807) is 6.20 Å². The zero-order valence-corrected chi connectivity index (χ0v) is 11.3. The topological polar surface area (TPSA) is 36.4 Å². The van der Waals surface area contributed by atoms with Crippen LogP contribution in [0.1, 0.15) is 16.7 Å². The van der Waals surface area contributed by atoms with Crippen molar-refractivity contribution in [1.29, 1.82) is 0 Å². The van der Waals surface area contributed by atoms with Crippen molar-refractivity contribution < 1.29 is 5.11 Å². The minimum absolute atomic E-state index is 0.173. The molecule has 3 heteroatoms. The lowest BCUT2D eigenvalue weighted by atomic mass is 10.1. The van der Waals surface area contributed by atoms with Gasteiger partial charge in [-0.1, -0.05) is 35.9 Å². The van der Waals surface area contributed by atoms with Crippen LogP contribution >= 0.6 is 0 Å². The Morgan fingerprint density at radius 1 is 1.05 bits per heavy atom. The van der Waals surface area contributed by atoms with Crippen LogP contribution in [0.15, 0.2) is 48.8 Å². The molecule has 0 saturated carbocycles. The minimum atomic E-state index is 0.173. The zero-order valence-electron chi connectivity index (χ0n) is 11.3. The lowest BCUT2D eigenvalue weighted by molar-refractivity contribution is 0.184. The molecule has 1 aromatic heterocycles. The molecule has 1 heterocycles. The number of aliphatic hydroxyl groups is 1. The predicted octanol–water partition coefficient (Wildman–Crippen LogP) is 2.38. The molecule has 0 aliphatic rings. The number of aliphatic hydroxyl groups excluding tert-OH is 1. The minimum Gasteiger partial charge on any atom is -0.395 e. The molecule has 2 aromatic rings. The van der Waals surface area contributed by atoms with Crippen LogP contribution in [0.25, 0.3) is 0 Å². The standard InChI is InChI=1S/C16H20N2O/c1-14-4-6-15(7-5-14)12-18(9-10-19)13-16-3-2-8-17-11-16/h2-8,11,19H,9-10,12-13H2,1H3. The van der Waals surface area contributed by atoms with E-state index in [0.29, 0.717) is 6.54 Å². The largest absolute Gasteiger partial charge is 0.395 e. The van der Waals surface area contributed by atoms with Crippen molar-refractivity contribution >= 4 is 0 Å². The summed E-state index contributed by atoms with van der Waals surface area (Å²) in [4.78, 5) is 6.35. The van der Waals surface area contributed by atoms with E-state index in [2.05, 4.69) is 47.1 Å². The Kier molecular flexibility index (Phi) is 5.07. The molecule has 1 N–H and O–H groups in total. The molecule has 19 heavy (non-hydrogen) atoms. The molecule has 0 aliphatic carbocycles. The Morgan fingerprint density at radius 3 is 2.42 bits per heavy atom. The second kappa shape index (κ2) is 7.02. The van der Waals surface area contributed by atoms with Crippen molar-refractivity contribution in [3.05, 3.63) is 65.5 Å². The summed E-state index contributed by atoms with van der Waals surface area (Å²) in [7, 11) is 0. The smallest absolute Gasteiger partial charge is 0.0558 e. The molecule has 0 atom stereocenters. The maximum absolute atomic E-state index is 9.18. The summed E-state index contributed by atoms with van der Waals surface area (Å²) < 4.78 is 0. The van der Waals surface area contributed by atoms with Gasteiger partial charge in [0.25, 0.3) is 0 Å². The van der Waals surface area contributed by atoms with Crippen molar-refractivity contribution in [2.45, 2.75) is 20.0 Å². The Bertz CT molecular complexity index is 482. The summed E-state index contributed by atoms with van der Waals surface area (Å²) in [5.74, 6) is 0. The Hall–Kier alpha value is -1.71. The Labute approximate surface area is 114 Å². The fraction of sp³-hybridized carbons (Fsp3) is 0.312. The number of hydrogen-bond donors (Lipinski definition) is 1. The third kappa shape index (κ3) is 4.47. The molecular weight excluding hydrogens is 236 g/mol. The summed E-state index contributed by atoms with van der Waals surface area (Å²) in [6.07, 6.45) is 3.65. The highest BCUT2D eigenvalue weighted by Crippen LogP contribution is 2.10. The van der Waals surface area contributed by atoms with E-state index in [0.717, 1.165) is 13.1 Å². The third-order valence-corrected chi connectivity index (χ3v) is 3.07. The molecule has 2 rings (SSSR count). The molecule has 1 aromatic carbocycles. The van der Waals surface area contributed by atoms with E-state index in [-0.39, 0.29) is 6.61 Å². The predicted molar refractivity (Wildman–Crippen MR) is 76.6 cm³/mol. The second-order valence-electron chi connectivity index (χ2n) is 4.78. The normalized spacial score (nSPS) is 10.9. The number of nitrogens with zero attached hydrogens (tertiary/aromatic N) is 2. The maximum Gasteiger partial charge on any atom is 0.0558 e. The molecule has 0 amide bonds. The van der Waals surface area contributed by atoms with Gasteiger partial charge >= 0.3 is 0 Å². The lowest BCUT2D eigenvalue weighted by Gasteiger charge is -2.21. The maximum atomic E-state index is 9.18. The van der Waals surface area contributed by atoms with Crippen LogP contribution in [0.4, 0.5) is 0 Å². The van der Waals surface area contributed by atoms with Crippen LogP contribution in [0, 0.1) is 6.92 Å². The van der Waals surface area contributed by atoms with Gasteiger partial charge in [-0.05, 0) is 24.1 Å². The summed E-state index contributed by atoms with van der Waals surface area (Å²) >= 11 is 0. The SMILES string of the molecule is Cc1ccc(CN(CCO)Cc2cccnc2)cc1. The van der Waals surface area contributed by atoms with Crippen molar-refractivity contribution in [2.75, 3.05) is 13.2 Å². The number of aromatic nitrogens is 1. The van der Waals surface area contributed by atoms with Crippen LogP contribution in [-0.2, 0) is 13.1 Å². The summed E-state index contributed by atoms with van der Waals surface area (Å²) in [5, 5.41) is 9.18. The van der Waals surface area contributed by atoms with Crippen molar-refractivity contribution in [2.24, 2.45) is 0 Å². The molecule has 0 radical (unpaired) electrons. The molecule has 0 aliphatic heterocycles. The van der Waals surface area contributed by atoms with Crippen LogP contribution in [0.2, 0.25) is 0 Å². The molecule has 0 saturated heterocycles. The Balaban J connectivity index is 2.01. The van der Waals surface area contributed by atoms with Gasteiger partial charge in [-0.3, -0.25) is 9.88 Å². The number of benzene rings is 1. The van der Waals surface area contributed by atoms with Crippen LogP contribution in [0.5, 0.6) is 0 Å². The zero-order chi connectivity index (χ0) is 13.5. The first kappa shape index (κ1) is 13.7. The van der Waals surface area contributed by atoms with Crippen molar-refractivity contribution in [3.8, 4) is 0 Å². The number of aryl methyl sites for hydroxylation is 1. The fourth-order valence-corrected chi connectivity index (χ4v) is 2.06. The van der Waals surface area contributed by atoms with Gasteiger partial charge in [0.05, 0.1) is 6.61 Å². The average molecular weight is 256 g/mol. The van der Waals surface area contributed by atoms with E-state index in [9.17, 15) is 5.11 Å². The summed E-state index contributed by atoms with van der Waals surface area (Å²) in [5.41, 5.74) is 3.70. The average Bonchev–Trinajstić information content (AvgIpc) is 2.43. The van der Waals surface area contributed by atoms with Gasteiger partial charge in [0, 0.05) is 32.0 Å². The first-order valence-electron chi connectivity index (χ1n) is 6.55. The van der Waals surface area contributed by atoms with Gasteiger partial charge in [0.15, 0.2) is 0 Å². The molecule has 0 spiro atoms. The summed E-state index contributed by atoms with van der Waals surface area (Å²) in [6.45, 7) is 4.58. The quantitative estimate of drug-likeness (QED) is 0.862. The second-order valence-corrected chi connectivity index (χ2v) is 4.78. The van der Waals surface area contributed by atoms with Crippen LogP contribution in [-0.4, -0.2) is 28.1 Å². The third-order valence-electron chi connectivity index (χ3n) is 3.07. The van der Waals surface area contributed by atoms with Gasteiger partial charge in [-0.25, -0.2) is 0 Å². The highest BCUT2D eigenvalue weighted by Gasteiger charge is 2.06. The van der Waals surface area contributed by atoms with Gasteiger partial charge in [0.2, 0.25) is 0 Å². The first-order chi connectivity index (χ1) is 9.28. The first-order valence-corrected chi connectivity index (χ1v) is 6.55. The monoisotopic (exact) mass is 256 g/mol. The molecule has 100 valence electrons. The van der Waals surface area contributed by atoms with Gasteiger partial charge in [0.1, 0.15) is 0 Å². The Morgan fingerprint density at radius 2 is 1.79 bits per heavy atom. The van der Waals surface area contributed by atoms with E-state index in [1.165, 1.54) is 16.7 Å². The number of rotatable bonds is 6. The van der Waals surface area contributed by atoms with E-state index in [1.807, 2.05) is 12.3 Å². The van der Waals surface area contributed by atoms with Crippen molar-refractivity contribution in [1.82, 2.24) is 9.88 Å². The van der Waals surface area contributed by atoms with E-state index < -0.39 is 0 Å². The summed E-state index contributed by atoms with van der Waals surface area (Å²) in [6, 6.07) is 12.5. The number of hydrogen-bond acceptors (Lipinski definition) is 3. The highest BCUT2D eigenvalue weighted by atomic mass is 16.3. The number of pyridine rings is 1. The molecular formula is C16H20N2O. The van der Waals surface area contributed by atoms with Gasteiger partial charge in [-0.15, -0.1) is 0 Å². The fourth-order valence-electron chi connectivity index (χ4n) is 2.06. The molecule has 3 nitrogen and oxygen atoms in total. The lowest BCUT2D eigenvalue weighted by Crippen LogP contribution is -2.26. The van der Waals surface area contributed by atoms with Gasteiger partial charge < -0.3 is 5.11 Å². The highest BCUT2D eigenvalue weighted by molar-refractivity contribution is 5.21. The van der Waals surface area contributed by atoms with Crippen molar-refractivity contribution in [3.63, 3.8) is 0 Å². The van der Waals surface area contributed by atoms with Crippen LogP contribution < -0.4 is 0 Å².